The Labute approximate surface area is 341 Å². The van der Waals surface area contributed by atoms with Crippen LogP contribution in [0.3, 0.4) is 0 Å². The van der Waals surface area contributed by atoms with Gasteiger partial charge in [-0.3, -0.25) is 19.2 Å². The fourth-order valence-electron chi connectivity index (χ4n) is 9.36. The highest BCUT2D eigenvalue weighted by atomic mass is 16.7. The molecule has 0 amide bonds. The molecule has 17 nitrogen and oxygen atoms in total. The number of likely N-dealkylation sites (N-methyl/N-ethyl adjacent to an activating group) is 1. The summed E-state index contributed by atoms with van der Waals surface area (Å²) in [5, 5.41) is 57.8. The molecule has 2 aliphatic carbocycles. The zero-order valence-corrected chi connectivity index (χ0v) is 34.1. The summed E-state index contributed by atoms with van der Waals surface area (Å²) in [7, 11) is 4.78. The van der Waals surface area contributed by atoms with Crippen LogP contribution in [0, 0.1) is 0 Å². The topological polar surface area (TPSA) is 237 Å². The molecule has 3 heterocycles. The van der Waals surface area contributed by atoms with E-state index in [1.54, 1.807) is 27.7 Å². The molecule has 322 valence electrons. The van der Waals surface area contributed by atoms with E-state index >= 15 is 0 Å². The maximum absolute atomic E-state index is 14.0. The fourth-order valence-corrected chi connectivity index (χ4v) is 9.36. The van der Waals surface area contributed by atoms with Crippen LogP contribution in [-0.2, 0) is 42.7 Å². The van der Waals surface area contributed by atoms with Crippen molar-refractivity contribution in [3.8, 4) is 17.2 Å². The number of fused-ring (bicyclic) bond motifs is 3. The molecule has 13 atom stereocenters. The lowest BCUT2D eigenvalue weighted by molar-refractivity contribution is -0.324. The van der Waals surface area contributed by atoms with Crippen LogP contribution >= 0.6 is 0 Å². The molecular weight excluding hydrogens is 774 g/mol. The molecule has 0 aromatic heterocycles. The van der Waals surface area contributed by atoms with Crippen LogP contribution in [0.25, 0.3) is 0 Å². The summed E-state index contributed by atoms with van der Waals surface area (Å²) >= 11 is 0. The average Bonchev–Trinajstić information content (AvgIpc) is 3.18. The van der Waals surface area contributed by atoms with Crippen molar-refractivity contribution in [3.05, 3.63) is 51.6 Å². The number of nitrogens with zero attached hydrogens (tertiary/aromatic N) is 1. The van der Waals surface area contributed by atoms with Gasteiger partial charge in [0.05, 0.1) is 53.8 Å². The summed E-state index contributed by atoms with van der Waals surface area (Å²) in [6.07, 6.45) is -7.45. The number of Topliss-reactive ketones (excluding diaryl/α,β-unsaturated/α-hetero) is 1. The minimum atomic E-state index is -1.93. The van der Waals surface area contributed by atoms with E-state index in [1.165, 1.54) is 18.2 Å². The number of carbonyl (C=O) groups excluding carboxylic acids is 4. The van der Waals surface area contributed by atoms with E-state index in [2.05, 4.69) is 0 Å². The Bertz CT molecular complexity index is 1990. The second kappa shape index (κ2) is 16.4. The van der Waals surface area contributed by atoms with E-state index in [4.69, 9.17) is 33.2 Å². The molecule has 0 bridgehead atoms. The van der Waals surface area contributed by atoms with Crippen molar-refractivity contribution in [2.45, 2.75) is 145 Å². The first kappa shape index (κ1) is 43.1. The first-order valence-corrected chi connectivity index (χ1v) is 20.0. The number of esters is 1. The van der Waals surface area contributed by atoms with Gasteiger partial charge in [-0.25, -0.2) is 0 Å². The van der Waals surface area contributed by atoms with E-state index in [9.17, 15) is 44.7 Å². The second-order valence-electron chi connectivity index (χ2n) is 16.4. The first-order chi connectivity index (χ1) is 27.9. The summed E-state index contributed by atoms with van der Waals surface area (Å²) in [4.78, 5) is 55.1. The fraction of sp³-hybridized carbons (Fsp3) is 0.619. The van der Waals surface area contributed by atoms with Gasteiger partial charge in [0, 0.05) is 54.8 Å². The number of ketones is 3. The molecule has 0 saturated carbocycles. The lowest BCUT2D eigenvalue weighted by atomic mass is 9.66. The smallest absolute Gasteiger partial charge is 0.316 e. The number of methoxy groups -OCH3 is 1. The summed E-state index contributed by atoms with van der Waals surface area (Å²) in [5.74, 6) is -6.43. The highest BCUT2D eigenvalue weighted by Crippen LogP contribution is 2.57. The van der Waals surface area contributed by atoms with Crippen molar-refractivity contribution >= 4 is 23.3 Å². The zero-order chi connectivity index (χ0) is 42.8. The standard InChI is InChI=1S/C42H53NO16/c1-8-42(52)16-25(30-31(34(42)41(51)53-7)38(50)32-33(37(30)49)36(48)29-20(35(32)47)10-9-11-23(29)45)57-27-14-21(43(5)6)39(18(3)55-27)59-28-15-24(46)40(19(4)56-28)58-26-13-12-22(44)17(2)54-26/h9-11,17-19,21,24-28,34,39-40,45-46,49-50,52H,8,12-16H2,1-7H3/t17-,18-,19-,21-,24-,25-,26-,27-,28-,34?,39+,40+,42+/m0/s1. The molecule has 7 rings (SSSR count). The Morgan fingerprint density at radius 2 is 1.47 bits per heavy atom. The third-order valence-electron chi connectivity index (χ3n) is 12.5. The van der Waals surface area contributed by atoms with Crippen LogP contribution in [0.2, 0.25) is 0 Å². The number of benzene rings is 2. The van der Waals surface area contributed by atoms with Gasteiger partial charge in [-0.05, 0) is 47.4 Å². The monoisotopic (exact) mass is 827 g/mol. The van der Waals surface area contributed by atoms with Crippen LogP contribution in [0.1, 0.15) is 121 Å². The van der Waals surface area contributed by atoms with Crippen molar-refractivity contribution in [2.24, 2.45) is 0 Å². The average molecular weight is 828 g/mol. The molecule has 2 aromatic rings. The first-order valence-electron chi connectivity index (χ1n) is 20.0. The largest absolute Gasteiger partial charge is 0.507 e. The zero-order valence-electron chi connectivity index (χ0n) is 34.1. The van der Waals surface area contributed by atoms with Crippen molar-refractivity contribution < 1.29 is 77.9 Å². The SMILES string of the molecule is CC[C@@]1(O)C[C@H](O[C@H]2C[C@H](N(C)C)[C@H](O[C@H]3C[C@H](O)[C@H](O[C@H]4CCC(=O)[C@H](C)O4)[C@H](C)O3)[C@H](C)O2)c2c(O)c3c(c(O)c2C1C(=O)OC)C(=O)c1cccc(O)c1C3=O. The lowest BCUT2D eigenvalue weighted by Gasteiger charge is -2.48. The Kier molecular flexibility index (Phi) is 12.0. The summed E-state index contributed by atoms with van der Waals surface area (Å²) in [5.41, 5.74) is -4.19. The number of hydrogen-bond donors (Lipinski definition) is 5. The summed E-state index contributed by atoms with van der Waals surface area (Å²) < 4.78 is 42.4. The highest BCUT2D eigenvalue weighted by Gasteiger charge is 2.55. The maximum atomic E-state index is 14.0. The number of phenols is 3. The molecule has 1 unspecified atom stereocenters. The van der Waals surface area contributed by atoms with Crippen LogP contribution in [0.15, 0.2) is 18.2 Å². The van der Waals surface area contributed by atoms with E-state index < -0.39 is 119 Å². The van der Waals surface area contributed by atoms with Gasteiger partial charge in [0.25, 0.3) is 0 Å². The molecule has 17 heteroatoms. The van der Waals surface area contributed by atoms with Gasteiger partial charge in [0.15, 0.2) is 30.4 Å². The van der Waals surface area contributed by atoms with E-state index in [0.717, 1.165) is 7.11 Å². The third-order valence-corrected chi connectivity index (χ3v) is 12.5. The van der Waals surface area contributed by atoms with E-state index in [-0.39, 0.29) is 59.8 Å². The van der Waals surface area contributed by atoms with Crippen LogP contribution in [0.5, 0.6) is 17.2 Å². The number of carbonyl (C=O) groups is 4. The number of ether oxygens (including phenoxy) is 7. The Balaban J connectivity index is 1.16. The molecule has 3 saturated heterocycles. The van der Waals surface area contributed by atoms with Crippen LogP contribution in [-0.4, -0.2) is 142 Å². The maximum Gasteiger partial charge on any atom is 0.316 e. The van der Waals surface area contributed by atoms with Gasteiger partial charge in [-0.2, -0.15) is 0 Å². The van der Waals surface area contributed by atoms with Gasteiger partial charge in [0.1, 0.15) is 41.5 Å². The Morgan fingerprint density at radius 3 is 2.10 bits per heavy atom. The molecule has 0 radical (unpaired) electrons. The van der Waals surface area contributed by atoms with E-state index in [0.29, 0.717) is 12.8 Å². The number of aliphatic hydroxyl groups is 2. The predicted molar refractivity (Wildman–Crippen MR) is 203 cm³/mol. The van der Waals surface area contributed by atoms with Gasteiger partial charge in [0.2, 0.25) is 5.78 Å². The van der Waals surface area contributed by atoms with Crippen molar-refractivity contribution in [2.75, 3.05) is 21.2 Å². The minimum absolute atomic E-state index is 0.00418. The minimum Gasteiger partial charge on any atom is -0.507 e. The molecular formula is C42H53NO16. The number of aromatic hydroxyl groups is 3. The molecule has 5 N–H and O–H groups in total. The van der Waals surface area contributed by atoms with Crippen molar-refractivity contribution in [3.63, 3.8) is 0 Å². The molecule has 3 fully saturated rings. The second-order valence-corrected chi connectivity index (χ2v) is 16.4. The predicted octanol–water partition coefficient (Wildman–Crippen LogP) is 2.86. The quantitative estimate of drug-likeness (QED) is 0.154. The summed E-state index contributed by atoms with van der Waals surface area (Å²) in [6.45, 7) is 6.82. The van der Waals surface area contributed by atoms with Crippen LogP contribution < -0.4 is 0 Å². The van der Waals surface area contributed by atoms with Crippen molar-refractivity contribution in [1.29, 1.82) is 0 Å². The normalized spacial score (nSPS) is 35.9. The van der Waals surface area contributed by atoms with Gasteiger partial charge in [-0.1, -0.05) is 19.1 Å². The van der Waals surface area contributed by atoms with Crippen molar-refractivity contribution in [1.82, 2.24) is 4.90 Å². The number of phenolic OH excluding ortho intramolecular Hbond substituents is 3. The Hall–Kier alpha value is -4.04. The van der Waals surface area contributed by atoms with Gasteiger partial charge >= 0.3 is 5.97 Å². The lowest BCUT2D eigenvalue weighted by Crippen LogP contribution is -2.58. The highest BCUT2D eigenvalue weighted by molar-refractivity contribution is 6.31. The summed E-state index contributed by atoms with van der Waals surface area (Å²) in [6, 6.07) is 3.49. The Morgan fingerprint density at radius 1 is 0.847 bits per heavy atom. The van der Waals surface area contributed by atoms with E-state index in [1.807, 2.05) is 19.0 Å². The molecule has 0 spiro atoms. The molecule has 59 heavy (non-hydrogen) atoms. The van der Waals surface area contributed by atoms with Gasteiger partial charge < -0.3 is 63.6 Å². The number of aliphatic hydroxyl groups excluding tert-OH is 1. The molecule has 2 aromatic carbocycles. The van der Waals surface area contributed by atoms with Gasteiger partial charge in [-0.15, -0.1) is 0 Å². The molecule has 3 aliphatic heterocycles. The number of rotatable bonds is 9. The third kappa shape index (κ3) is 7.54. The number of hydrogen-bond acceptors (Lipinski definition) is 17. The molecule has 5 aliphatic rings. The van der Waals surface area contributed by atoms with Crippen LogP contribution in [0.4, 0.5) is 0 Å².